The largest absolute Gasteiger partial charge is 0.496 e. The number of carbonyl (C=O) groups excluding carboxylic acids is 2. The van der Waals surface area contributed by atoms with Gasteiger partial charge in [0, 0.05) is 37.6 Å². The van der Waals surface area contributed by atoms with Crippen LogP contribution in [0.4, 0.5) is 24.8 Å². The molecule has 40 heavy (non-hydrogen) atoms. The summed E-state index contributed by atoms with van der Waals surface area (Å²) in [6.45, 7) is -0.369. The van der Waals surface area contributed by atoms with Crippen molar-refractivity contribution in [3.05, 3.63) is 65.4 Å². The number of fused-ring (bicyclic) bond motifs is 1. The minimum Gasteiger partial charge on any atom is -0.496 e. The average molecular weight is 556 g/mol. The molecule has 2 N–H and O–H groups in total. The first-order valence-electron chi connectivity index (χ1n) is 12.4. The van der Waals surface area contributed by atoms with Crippen LogP contribution in [0, 0.1) is 0 Å². The van der Waals surface area contributed by atoms with Crippen LogP contribution in [0.3, 0.4) is 0 Å². The van der Waals surface area contributed by atoms with E-state index < -0.39 is 12.7 Å². The summed E-state index contributed by atoms with van der Waals surface area (Å²) in [6, 6.07) is 12.4. The van der Waals surface area contributed by atoms with Gasteiger partial charge in [-0.1, -0.05) is 12.1 Å². The minimum atomic E-state index is -4.47. The lowest BCUT2D eigenvalue weighted by atomic mass is 9.93. The molecule has 0 unspecified atom stereocenters. The van der Waals surface area contributed by atoms with Crippen LogP contribution in [0.25, 0.3) is 17.0 Å². The van der Waals surface area contributed by atoms with Gasteiger partial charge in [0.15, 0.2) is 5.94 Å². The number of benzene rings is 2. The number of aromatic nitrogens is 2. The second-order valence-electron chi connectivity index (χ2n) is 9.06. The Morgan fingerprint density at radius 2 is 2.00 bits per heavy atom. The number of halogens is 3. The Morgan fingerprint density at radius 1 is 1.18 bits per heavy atom. The number of alkyl halides is 3. The van der Waals surface area contributed by atoms with E-state index >= 15 is 0 Å². The normalized spacial score (nSPS) is 12.9. The molecule has 0 aliphatic carbocycles. The van der Waals surface area contributed by atoms with Gasteiger partial charge in [0.05, 0.1) is 31.4 Å². The van der Waals surface area contributed by atoms with Crippen LogP contribution < -0.4 is 15.4 Å². The maximum Gasteiger partial charge on any atom is 0.405 e. The van der Waals surface area contributed by atoms with Crippen molar-refractivity contribution in [2.24, 2.45) is 0 Å². The summed E-state index contributed by atoms with van der Waals surface area (Å²) in [7, 11) is 2.96. The summed E-state index contributed by atoms with van der Waals surface area (Å²) in [4.78, 5) is 33.7. The van der Waals surface area contributed by atoms with Crippen molar-refractivity contribution in [2.45, 2.75) is 19.0 Å². The molecule has 9 nitrogen and oxygen atoms in total. The van der Waals surface area contributed by atoms with Crippen LogP contribution in [0.2, 0.25) is 0 Å². The quantitative estimate of drug-likeness (QED) is 0.288. The second kappa shape index (κ2) is 12.6. The summed E-state index contributed by atoms with van der Waals surface area (Å²) in [5.41, 5.74) is 3.46. The maximum atomic E-state index is 13.1. The molecule has 12 heteroatoms. The van der Waals surface area contributed by atoms with Crippen molar-refractivity contribution < 1.29 is 32.2 Å². The fourth-order valence-corrected chi connectivity index (χ4v) is 4.47. The Bertz CT molecular complexity index is 1410. The number of carbonyl (C=O) groups is 1. The van der Waals surface area contributed by atoms with Crippen LogP contribution in [-0.2, 0) is 27.2 Å². The Balaban J connectivity index is 1.56. The molecule has 1 amide bonds. The molecular weight excluding hydrogens is 527 g/mol. The predicted octanol–water partition coefficient (Wildman–Crippen LogP) is 3.79. The zero-order chi connectivity index (χ0) is 28.7. The molecular formula is C28H28F3N5O4. The number of rotatable bonds is 10. The van der Waals surface area contributed by atoms with E-state index in [9.17, 15) is 22.8 Å². The maximum absolute atomic E-state index is 13.1. The predicted molar refractivity (Wildman–Crippen MR) is 143 cm³/mol. The van der Waals surface area contributed by atoms with Gasteiger partial charge in [-0.15, -0.1) is 0 Å². The number of hydrogen-bond acceptors (Lipinski definition) is 8. The number of nitrogens with one attached hydrogen (secondary N) is 2. The molecule has 210 valence electrons. The van der Waals surface area contributed by atoms with Crippen LogP contribution in [0.5, 0.6) is 5.75 Å². The van der Waals surface area contributed by atoms with E-state index in [1.54, 1.807) is 37.4 Å². The SMILES string of the molecule is COCCNC(=O)Cc1cccc(Nc2nccc(-c3cc4c(c(OC)c3)C(=C=O)N(CC(F)(F)F)CC4)n2)c1. The summed E-state index contributed by atoms with van der Waals surface area (Å²) in [5, 5.41) is 5.92. The molecule has 0 atom stereocenters. The number of hydrogen-bond donors (Lipinski definition) is 2. The molecule has 0 fully saturated rings. The summed E-state index contributed by atoms with van der Waals surface area (Å²) < 4.78 is 49.6. The lowest BCUT2D eigenvalue weighted by molar-refractivity contribution is -0.139. The van der Waals surface area contributed by atoms with Gasteiger partial charge < -0.3 is 25.0 Å². The highest BCUT2D eigenvalue weighted by atomic mass is 19.4. The molecule has 3 aromatic rings. The summed E-state index contributed by atoms with van der Waals surface area (Å²) in [6.07, 6.45) is -2.41. The van der Waals surface area contributed by atoms with Crippen molar-refractivity contribution in [3.8, 4) is 17.0 Å². The van der Waals surface area contributed by atoms with Gasteiger partial charge in [-0.2, -0.15) is 13.2 Å². The Morgan fingerprint density at radius 3 is 2.73 bits per heavy atom. The third-order valence-corrected chi connectivity index (χ3v) is 6.20. The fourth-order valence-electron chi connectivity index (χ4n) is 4.47. The molecule has 2 heterocycles. The molecule has 1 aromatic heterocycles. The molecule has 2 aromatic carbocycles. The van der Waals surface area contributed by atoms with E-state index in [0.29, 0.717) is 47.2 Å². The lowest BCUT2D eigenvalue weighted by Gasteiger charge is -2.32. The highest BCUT2D eigenvalue weighted by Gasteiger charge is 2.36. The van der Waals surface area contributed by atoms with E-state index in [1.165, 1.54) is 7.11 Å². The Labute approximate surface area is 229 Å². The monoisotopic (exact) mass is 555 g/mol. The first-order chi connectivity index (χ1) is 19.2. The van der Waals surface area contributed by atoms with Crippen LogP contribution in [0.15, 0.2) is 48.7 Å². The first-order valence-corrected chi connectivity index (χ1v) is 12.4. The van der Waals surface area contributed by atoms with E-state index in [-0.39, 0.29) is 36.7 Å². The van der Waals surface area contributed by atoms with E-state index in [1.807, 2.05) is 24.3 Å². The van der Waals surface area contributed by atoms with Gasteiger partial charge in [0.1, 0.15) is 18.0 Å². The number of methoxy groups -OCH3 is 2. The molecule has 0 saturated heterocycles. The van der Waals surface area contributed by atoms with Crippen LogP contribution in [0.1, 0.15) is 16.7 Å². The number of amides is 1. The smallest absolute Gasteiger partial charge is 0.405 e. The van der Waals surface area contributed by atoms with Gasteiger partial charge >= 0.3 is 6.18 Å². The highest BCUT2D eigenvalue weighted by Crippen LogP contribution is 2.39. The Kier molecular flexibility index (Phi) is 9.03. The van der Waals surface area contributed by atoms with Crippen molar-refractivity contribution >= 4 is 29.2 Å². The van der Waals surface area contributed by atoms with Gasteiger partial charge in [0.25, 0.3) is 0 Å². The zero-order valence-corrected chi connectivity index (χ0v) is 22.0. The van der Waals surface area contributed by atoms with Crippen molar-refractivity contribution in [3.63, 3.8) is 0 Å². The van der Waals surface area contributed by atoms with E-state index in [0.717, 1.165) is 10.5 Å². The van der Waals surface area contributed by atoms with E-state index in [4.69, 9.17) is 9.47 Å². The van der Waals surface area contributed by atoms with Crippen molar-refractivity contribution in [1.29, 1.82) is 0 Å². The third-order valence-electron chi connectivity index (χ3n) is 6.20. The van der Waals surface area contributed by atoms with Crippen molar-refractivity contribution in [1.82, 2.24) is 20.2 Å². The van der Waals surface area contributed by atoms with Gasteiger partial charge in [-0.25, -0.2) is 14.8 Å². The molecule has 0 spiro atoms. The molecule has 4 rings (SSSR count). The third kappa shape index (κ3) is 7.16. The van der Waals surface area contributed by atoms with Crippen LogP contribution in [-0.4, -0.2) is 73.4 Å². The number of anilines is 2. The highest BCUT2D eigenvalue weighted by molar-refractivity contribution is 5.91. The average Bonchev–Trinajstić information content (AvgIpc) is 2.92. The van der Waals surface area contributed by atoms with E-state index in [2.05, 4.69) is 20.6 Å². The topological polar surface area (TPSA) is 106 Å². The fraction of sp³-hybridized carbons (Fsp3) is 0.321. The molecule has 1 aliphatic rings. The second-order valence-corrected chi connectivity index (χ2v) is 9.06. The standard InChI is InChI=1S/C28H28F3N5O4/c1-39-11-9-32-25(38)13-18-4-3-5-21(12-18)34-27-33-8-6-22(35-27)20-14-19-7-10-36(17-28(29,30)31)23(16-37)26(19)24(15-20)40-2/h3-6,8,12,14-15H,7,9-11,13,17H2,1-2H3,(H,32,38)(H,33,34,35). The molecule has 0 saturated carbocycles. The molecule has 0 radical (unpaired) electrons. The summed E-state index contributed by atoms with van der Waals surface area (Å²) >= 11 is 0. The number of nitrogens with zero attached hydrogens (tertiary/aromatic N) is 3. The lowest BCUT2D eigenvalue weighted by Crippen LogP contribution is -2.37. The molecule has 1 aliphatic heterocycles. The summed E-state index contributed by atoms with van der Waals surface area (Å²) in [5.74, 6) is 2.11. The van der Waals surface area contributed by atoms with Gasteiger partial charge in [0.2, 0.25) is 11.9 Å². The van der Waals surface area contributed by atoms with Crippen molar-refractivity contribution in [2.75, 3.05) is 45.8 Å². The van der Waals surface area contributed by atoms with Crippen LogP contribution >= 0.6 is 0 Å². The number of ether oxygens (including phenoxy) is 2. The zero-order valence-electron chi connectivity index (χ0n) is 22.0. The van der Waals surface area contributed by atoms with Gasteiger partial charge in [-0.3, -0.25) is 4.79 Å². The van der Waals surface area contributed by atoms with Gasteiger partial charge in [-0.05, 0) is 47.9 Å². The first kappa shape index (κ1) is 28.6. The molecule has 0 bridgehead atoms. The minimum absolute atomic E-state index is 0.0149. The Hall–Kier alpha value is -4.41.